The first-order valence-corrected chi connectivity index (χ1v) is 6.04. The molecule has 2 nitrogen and oxygen atoms in total. The predicted molar refractivity (Wildman–Crippen MR) is 66.9 cm³/mol. The van der Waals surface area contributed by atoms with Gasteiger partial charge in [-0.25, -0.2) is 0 Å². The Balaban J connectivity index is 2.07. The summed E-state index contributed by atoms with van der Waals surface area (Å²) < 4.78 is 5.17. The normalized spacial score (nSPS) is 24.2. The van der Waals surface area contributed by atoms with Crippen LogP contribution in [0.5, 0.6) is 5.75 Å². The quantitative estimate of drug-likeness (QED) is 0.840. The SMILES string of the molecule is COc1ccc(CC2(C(C)C)CCN2)cc1. The lowest BCUT2D eigenvalue weighted by atomic mass is 9.73. The second-order valence-corrected chi connectivity index (χ2v) is 5.01. The largest absolute Gasteiger partial charge is 0.497 e. The number of hydrogen-bond acceptors (Lipinski definition) is 2. The molecule has 1 saturated heterocycles. The van der Waals surface area contributed by atoms with Crippen molar-refractivity contribution in [1.82, 2.24) is 5.32 Å². The molecule has 1 unspecified atom stereocenters. The van der Waals surface area contributed by atoms with Gasteiger partial charge in [-0.1, -0.05) is 26.0 Å². The van der Waals surface area contributed by atoms with Crippen LogP contribution in [0.2, 0.25) is 0 Å². The Bertz CT molecular complexity index is 338. The minimum atomic E-state index is 0.328. The average molecular weight is 219 g/mol. The van der Waals surface area contributed by atoms with Gasteiger partial charge in [-0.3, -0.25) is 0 Å². The van der Waals surface area contributed by atoms with Crippen LogP contribution in [0.15, 0.2) is 24.3 Å². The molecule has 0 amide bonds. The van der Waals surface area contributed by atoms with Crippen LogP contribution in [0.25, 0.3) is 0 Å². The number of nitrogens with one attached hydrogen (secondary N) is 1. The van der Waals surface area contributed by atoms with Crippen LogP contribution >= 0.6 is 0 Å². The van der Waals surface area contributed by atoms with Gasteiger partial charge in [0.2, 0.25) is 0 Å². The fourth-order valence-electron chi connectivity index (χ4n) is 2.40. The monoisotopic (exact) mass is 219 g/mol. The van der Waals surface area contributed by atoms with Crippen molar-refractivity contribution in [3.8, 4) is 5.75 Å². The van der Waals surface area contributed by atoms with Crippen LogP contribution in [-0.4, -0.2) is 19.2 Å². The highest BCUT2D eigenvalue weighted by atomic mass is 16.5. The summed E-state index contributed by atoms with van der Waals surface area (Å²) in [5.41, 5.74) is 1.72. The van der Waals surface area contributed by atoms with Gasteiger partial charge in [0, 0.05) is 5.54 Å². The summed E-state index contributed by atoms with van der Waals surface area (Å²) in [6.07, 6.45) is 2.41. The molecule has 0 bridgehead atoms. The molecule has 1 aliphatic heterocycles. The zero-order valence-electron chi connectivity index (χ0n) is 10.4. The van der Waals surface area contributed by atoms with Gasteiger partial charge in [0.05, 0.1) is 7.11 Å². The Kier molecular flexibility index (Phi) is 3.20. The van der Waals surface area contributed by atoms with E-state index in [4.69, 9.17) is 4.74 Å². The molecule has 16 heavy (non-hydrogen) atoms. The first kappa shape index (κ1) is 11.5. The van der Waals surface area contributed by atoms with E-state index in [0.717, 1.165) is 18.7 Å². The fourth-order valence-corrected chi connectivity index (χ4v) is 2.40. The van der Waals surface area contributed by atoms with E-state index in [9.17, 15) is 0 Å². The first-order valence-electron chi connectivity index (χ1n) is 6.04. The van der Waals surface area contributed by atoms with E-state index >= 15 is 0 Å². The zero-order chi connectivity index (χ0) is 11.6. The maximum absolute atomic E-state index is 5.17. The molecule has 1 fully saturated rings. The summed E-state index contributed by atoms with van der Waals surface area (Å²) in [5.74, 6) is 1.62. The van der Waals surface area contributed by atoms with Crippen LogP contribution < -0.4 is 10.1 Å². The van der Waals surface area contributed by atoms with Crippen molar-refractivity contribution >= 4 is 0 Å². The summed E-state index contributed by atoms with van der Waals surface area (Å²) in [4.78, 5) is 0. The Morgan fingerprint density at radius 2 is 1.94 bits per heavy atom. The predicted octanol–water partition coefficient (Wildman–Crippen LogP) is 2.63. The molecule has 0 radical (unpaired) electrons. The van der Waals surface area contributed by atoms with Gasteiger partial charge in [0.25, 0.3) is 0 Å². The highest BCUT2D eigenvalue weighted by Crippen LogP contribution is 2.31. The molecular weight excluding hydrogens is 198 g/mol. The molecule has 0 aliphatic carbocycles. The highest BCUT2D eigenvalue weighted by Gasteiger charge is 2.39. The number of rotatable bonds is 4. The van der Waals surface area contributed by atoms with Crippen molar-refractivity contribution < 1.29 is 4.74 Å². The van der Waals surface area contributed by atoms with Crippen LogP contribution in [0.3, 0.4) is 0 Å². The van der Waals surface area contributed by atoms with Gasteiger partial charge < -0.3 is 10.1 Å². The standard InChI is InChI=1S/C14H21NO/c1-11(2)14(8-9-15-14)10-12-4-6-13(16-3)7-5-12/h4-7,11,15H,8-10H2,1-3H3. The summed E-state index contributed by atoms with van der Waals surface area (Å²) in [6.45, 7) is 5.76. The highest BCUT2D eigenvalue weighted by molar-refractivity contribution is 5.29. The topological polar surface area (TPSA) is 21.3 Å². The molecule has 1 aromatic carbocycles. The number of benzene rings is 1. The van der Waals surface area contributed by atoms with E-state index in [1.54, 1.807) is 7.11 Å². The minimum absolute atomic E-state index is 0.328. The van der Waals surface area contributed by atoms with Gasteiger partial charge >= 0.3 is 0 Å². The molecule has 2 heteroatoms. The van der Waals surface area contributed by atoms with Gasteiger partial charge in [0.15, 0.2) is 0 Å². The van der Waals surface area contributed by atoms with Crippen molar-refractivity contribution in [2.24, 2.45) is 5.92 Å². The zero-order valence-corrected chi connectivity index (χ0v) is 10.4. The molecule has 1 aliphatic rings. The van der Waals surface area contributed by atoms with E-state index in [2.05, 4.69) is 31.3 Å². The average Bonchev–Trinajstić information content (AvgIpc) is 2.24. The third-order valence-electron chi connectivity index (χ3n) is 3.83. The molecule has 88 valence electrons. The third kappa shape index (κ3) is 2.07. The van der Waals surface area contributed by atoms with Crippen LogP contribution in [-0.2, 0) is 6.42 Å². The summed E-state index contributed by atoms with van der Waals surface area (Å²) in [7, 11) is 1.71. The maximum atomic E-state index is 5.17. The second-order valence-electron chi connectivity index (χ2n) is 5.01. The van der Waals surface area contributed by atoms with E-state index in [1.807, 2.05) is 12.1 Å². The fraction of sp³-hybridized carbons (Fsp3) is 0.571. The maximum Gasteiger partial charge on any atom is 0.118 e. The molecule has 1 heterocycles. The Labute approximate surface area is 98.0 Å². The first-order chi connectivity index (χ1) is 7.66. The lowest BCUT2D eigenvalue weighted by Gasteiger charge is -2.47. The summed E-state index contributed by atoms with van der Waals surface area (Å²) in [5, 5.41) is 3.60. The number of ether oxygens (including phenoxy) is 1. The smallest absolute Gasteiger partial charge is 0.118 e. The van der Waals surface area contributed by atoms with Gasteiger partial charge in [-0.15, -0.1) is 0 Å². The molecule has 2 rings (SSSR count). The number of hydrogen-bond donors (Lipinski definition) is 1. The van der Waals surface area contributed by atoms with Crippen LogP contribution in [0.1, 0.15) is 25.8 Å². The Morgan fingerprint density at radius 1 is 1.31 bits per heavy atom. The Morgan fingerprint density at radius 3 is 2.31 bits per heavy atom. The van der Waals surface area contributed by atoms with E-state index in [1.165, 1.54) is 12.0 Å². The Hall–Kier alpha value is -1.02. The van der Waals surface area contributed by atoms with Crippen molar-refractivity contribution in [2.75, 3.05) is 13.7 Å². The van der Waals surface area contributed by atoms with Crippen molar-refractivity contribution in [2.45, 2.75) is 32.2 Å². The van der Waals surface area contributed by atoms with Crippen molar-refractivity contribution in [1.29, 1.82) is 0 Å². The summed E-state index contributed by atoms with van der Waals surface area (Å²) in [6, 6.07) is 8.43. The van der Waals surface area contributed by atoms with Crippen molar-refractivity contribution in [3.05, 3.63) is 29.8 Å². The van der Waals surface area contributed by atoms with Gasteiger partial charge in [0.1, 0.15) is 5.75 Å². The van der Waals surface area contributed by atoms with E-state index in [0.29, 0.717) is 11.5 Å². The molecule has 1 N–H and O–H groups in total. The van der Waals surface area contributed by atoms with E-state index < -0.39 is 0 Å². The molecule has 0 aromatic heterocycles. The second kappa shape index (κ2) is 4.46. The molecule has 0 saturated carbocycles. The molecule has 1 atom stereocenters. The van der Waals surface area contributed by atoms with Gasteiger partial charge in [-0.05, 0) is 43.0 Å². The lowest BCUT2D eigenvalue weighted by Crippen LogP contribution is -2.61. The van der Waals surface area contributed by atoms with Crippen molar-refractivity contribution in [3.63, 3.8) is 0 Å². The van der Waals surface area contributed by atoms with Crippen LogP contribution in [0.4, 0.5) is 0 Å². The minimum Gasteiger partial charge on any atom is -0.497 e. The molecule has 1 aromatic rings. The van der Waals surface area contributed by atoms with E-state index in [-0.39, 0.29) is 0 Å². The van der Waals surface area contributed by atoms with Gasteiger partial charge in [-0.2, -0.15) is 0 Å². The van der Waals surface area contributed by atoms with Crippen LogP contribution in [0, 0.1) is 5.92 Å². The third-order valence-corrected chi connectivity index (χ3v) is 3.83. The summed E-state index contributed by atoms with van der Waals surface area (Å²) >= 11 is 0. The lowest BCUT2D eigenvalue weighted by molar-refractivity contribution is 0.139. The number of methoxy groups -OCH3 is 1. The molecule has 0 spiro atoms. The molecular formula is C14H21NO.